The van der Waals surface area contributed by atoms with Gasteiger partial charge in [-0.25, -0.2) is 9.66 Å². The van der Waals surface area contributed by atoms with Gasteiger partial charge < -0.3 is 31.3 Å². The van der Waals surface area contributed by atoms with Crippen LogP contribution in [0.1, 0.15) is 39.5 Å². The quantitative estimate of drug-likeness (QED) is 0.233. The molecule has 0 atom stereocenters. The number of halogens is 3. The standard InChI is InChI=1S/C12H14N4O2.C8H13F3.C2H4.CH5NO.CH4O/c1-2-17-10-4-3-7-15-12(10)18-9-5-6-11(13)16(14)8-9;1-6-2-4-7(5-3-6)8(9,10)11;1-2;2-1-3;1-2/h3-8,13H,2,14H2,1H3;6-7H,2-5H2,1H3;1-2H2;3H,1-2H2;2H,1H3. The van der Waals surface area contributed by atoms with Gasteiger partial charge in [0.2, 0.25) is 0 Å². The fourth-order valence-corrected chi connectivity index (χ4v) is 2.97. The molecule has 3 rings (SSSR count). The zero-order valence-electron chi connectivity index (χ0n) is 21.2. The molecule has 36 heavy (non-hydrogen) atoms. The largest absolute Gasteiger partial charge is 0.488 e. The lowest BCUT2D eigenvalue weighted by atomic mass is 9.83. The number of hydrogen-bond acceptors (Lipinski definition) is 8. The SMILES string of the molecule is C=C.CC1CCC(C(F)(F)F)CC1.CCOc1cccnc1Oc1ccc(=N)n(N)c1.CO.NCO. The maximum atomic E-state index is 12.1. The van der Waals surface area contributed by atoms with Crippen LogP contribution in [0.25, 0.3) is 0 Å². The number of hydrogen-bond donors (Lipinski definition) is 5. The maximum Gasteiger partial charge on any atom is 0.391 e. The molecular formula is C24H40F3N5O4. The van der Waals surface area contributed by atoms with Gasteiger partial charge >= 0.3 is 6.18 Å². The zero-order valence-corrected chi connectivity index (χ0v) is 21.2. The van der Waals surface area contributed by atoms with E-state index < -0.39 is 12.1 Å². The number of nitrogens with zero attached hydrogens (tertiary/aromatic N) is 2. The van der Waals surface area contributed by atoms with Gasteiger partial charge in [-0.3, -0.25) is 5.41 Å². The van der Waals surface area contributed by atoms with Gasteiger partial charge in [-0.1, -0.05) is 19.8 Å². The summed E-state index contributed by atoms with van der Waals surface area (Å²) >= 11 is 0. The van der Waals surface area contributed by atoms with E-state index >= 15 is 0 Å². The predicted octanol–water partition coefficient (Wildman–Crippen LogP) is 3.95. The molecule has 2 aromatic rings. The van der Waals surface area contributed by atoms with Crippen LogP contribution in [0.15, 0.2) is 49.8 Å². The van der Waals surface area contributed by atoms with Gasteiger partial charge in [0, 0.05) is 13.3 Å². The van der Waals surface area contributed by atoms with Crippen LogP contribution >= 0.6 is 0 Å². The second kappa shape index (κ2) is 20.1. The molecule has 0 aromatic carbocycles. The maximum absolute atomic E-state index is 12.1. The number of ether oxygens (including phenoxy) is 2. The van der Waals surface area contributed by atoms with E-state index in [1.54, 1.807) is 30.5 Å². The van der Waals surface area contributed by atoms with Crippen molar-refractivity contribution in [2.45, 2.75) is 45.7 Å². The summed E-state index contributed by atoms with van der Waals surface area (Å²) in [5.74, 6) is 6.48. The van der Waals surface area contributed by atoms with Gasteiger partial charge in [-0.05, 0) is 49.9 Å². The average molecular weight is 520 g/mol. The Labute approximate surface area is 210 Å². The third-order valence-electron chi connectivity index (χ3n) is 4.68. The number of aliphatic hydroxyl groups is 2. The summed E-state index contributed by atoms with van der Waals surface area (Å²) in [6, 6.07) is 6.74. The van der Waals surface area contributed by atoms with E-state index in [4.69, 9.17) is 30.9 Å². The van der Waals surface area contributed by atoms with E-state index in [-0.39, 0.29) is 12.2 Å². The number of nitrogens with one attached hydrogen (secondary N) is 1. The summed E-state index contributed by atoms with van der Waals surface area (Å²) in [6.07, 6.45) is 1.34. The van der Waals surface area contributed by atoms with Crippen LogP contribution in [-0.2, 0) is 0 Å². The molecule has 0 saturated heterocycles. The van der Waals surface area contributed by atoms with Crippen molar-refractivity contribution in [3.63, 3.8) is 0 Å². The average Bonchev–Trinajstić information content (AvgIpc) is 2.86. The Hall–Kier alpha value is -3.09. The first-order valence-electron chi connectivity index (χ1n) is 11.2. The molecule has 0 radical (unpaired) electrons. The van der Waals surface area contributed by atoms with Crippen molar-refractivity contribution in [3.8, 4) is 17.4 Å². The predicted molar refractivity (Wildman–Crippen MR) is 134 cm³/mol. The first-order valence-corrected chi connectivity index (χ1v) is 11.2. The highest BCUT2D eigenvalue weighted by atomic mass is 19.4. The Balaban J connectivity index is 0. The van der Waals surface area contributed by atoms with E-state index in [0.717, 1.165) is 20.0 Å². The van der Waals surface area contributed by atoms with Crippen LogP contribution in [0.5, 0.6) is 17.4 Å². The first-order chi connectivity index (χ1) is 17.1. The van der Waals surface area contributed by atoms with Gasteiger partial charge in [-0.15, -0.1) is 13.2 Å². The number of pyridine rings is 2. The topological polar surface area (TPSA) is 153 Å². The minimum Gasteiger partial charge on any atom is -0.488 e. The lowest BCUT2D eigenvalue weighted by molar-refractivity contribution is -0.183. The third kappa shape index (κ3) is 14.3. The summed E-state index contributed by atoms with van der Waals surface area (Å²) in [4.78, 5) is 4.10. The highest BCUT2D eigenvalue weighted by molar-refractivity contribution is 5.36. The van der Waals surface area contributed by atoms with Crippen LogP contribution in [-0.4, -0.2) is 46.5 Å². The van der Waals surface area contributed by atoms with Crippen molar-refractivity contribution in [2.75, 3.05) is 26.3 Å². The highest BCUT2D eigenvalue weighted by Crippen LogP contribution is 2.39. The fraction of sp³-hybridized carbons (Fsp3) is 0.500. The molecule has 206 valence electrons. The molecule has 0 amide bonds. The Morgan fingerprint density at radius 2 is 1.72 bits per heavy atom. The fourth-order valence-electron chi connectivity index (χ4n) is 2.97. The molecule has 2 aromatic heterocycles. The molecule has 1 aliphatic carbocycles. The van der Waals surface area contributed by atoms with E-state index in [0.29, 0.717) is 42.7 Å². The third-order valence-corrected chi connectivity index (χ3v) is 4.68. The van der Waals surface area contributed by atoms with Crippen LogP contribution < -0.4 is 26.5 Å². The van der Waals surface area contributed by atoms with Crippen molar-refractivity contribution in [1.29, 1.82) is 5.41 Å². The summed E-state index contributed by atoms with van der Waals surface area (Å²) in [7, 11) is 1.00. The van der Waals surface area contributed by atoms with Crippen molar-refractivity contribution in [3.05, 3.63) is 55.3 Å². The first kappa shape index (κ1) is 35.1. The Kier molecular flexibility index (Phi) is 19.6. The highest BCUT2D eigenvalue weighted by Gasteiger charge is 2.40. The Morgan fingerprint density at radius 1 is 1.17 bits per heavy atom. The lowest BCUT2D eigenvalue weighted by Crippen LogP contribution is -2.26. The monoisotopic (exact) mass is 519 g/mol. The van der Waals surface area contributed by atoms with E-state index in [2.05, 4.69) is 23.9 Å². The van der Waals surface area contributed by atoms with E-state index in [1.807, 2.05) is 13.8 Å². The molecule has 1 saturated carbocycles. The van der Waals surface area contributed by atoms with E-state index in [9.17, 15) is 13.2 Å². The number of aromatic nitrogens is 2. The lowest BCUT2D eigenvalue weighted by Gasteiger charge is -2.27. The molecule has 1 fully saturated rings. The van der Waals surface area contributed by atoms with Gasteiger partial charge in [-0.2, -0.15) is 13.2 Å². The molecular weight excluding hydrogens is 479 g/mol. The van der Waals surface area contributed by atoms with Crippen LogP contribution in [0.4, 0.5) is 13.2 Å². The van der Waals surface area contributed by atoms with Crippen molar-refractivity contribution < 1.29 is 32.9 Å². The van der Waals surface area contributed by atoms with Gasteiger partial charge in [0.1, 0.15) is 11.2 Å². The van der Waals surface area contributed by atoms with Crippen molar-refractivity contribution in [2.24, 2.45) is 17.6 Å². The second-order valence-corrected chi connectivity index (χ2v) is 7.18. The number of nitrogens with two attached hydrogens (primary N) is 2. The number of alkyl halides is 3. The normalized spacial score (nSPS) is 16.1. The summed E-state index contributed by atoms with van der Waals surface area (Å²) < 4.78 is 48.3. The molecule has 0 aliphatic heterocycles. The molecule has 7 N–H and O–H groups in total. The van der Waals surface area contributed by atoms with Crippen LogP contribution in [0.3, 0.4) is 0 Å². The van der Waals surface area contributed by atoms with Gasteiger partial charge in [0.15, 0.2) is 5.75 Å². The number of aliphatic hydroxyl groups excluding tert-OH is 2. The molecule has 2 heterocycles. The van der Waals surface area contributed by atoms with Gasteiger partial charge in [0.25, 0.3) is 5.88 Å². The molecule has 1 aliphatic rings. The second-order valence-electron chi connectivity index (χ2n) is 7.18. The van der Waals surface area contributed by atoms with Crippen LogP contribution in [0, 0.1) is 17.2 Å². The van der Waals surface area contributed by atoms with Crippen molar-refractivity contribution in [1.82, 2.24) is 9.66 Å². The zero-order chi connectivity index (χ0) is 28.1. The summed E-state index contributed by atoms with van der Waals surface area (Å²) in [5, 5.41) is 21.8. The molecule has 0 bridgehead atoms. The van der Waals surface area contributed by atoms with Crippen LogP contribution in [0.2, 0.25) is 0 Å². The minimum atomic E-state index is -3.94. The molecule has 9 nitrogen and oxygen atoms in total. The summed E-state index contributed by atoms with van der Waals surface area (Å²) in [6.45, 7) is 10.2. The Bertz CT molecular complexity index is 873. The smallest absolute Gasteiger partial charge is 0.391 e. The summed E-state index contributed by atoms with van der Waals surface area (Å²) in [5.41, 5.74) is 4.59. The molecule has 0 unspecified atom stereocenters. The molecule has 0 spiro atoms. The number of nitrogen functional groups attached to an aromatic ring is 1. The van der Waals surface area contributed by atoms with Crippen molar-refractivity contribution >= 4 is 0 Å². The number of rotatable bonds is 4. The molecule has 12 heteroatoms. The van der Waals surface area contributed by atoms with E-state index in [1.165, 1.54) is 10.9 Å². The minimum absolute atomic E-state index is 0.188. The Morgan fingerprint density at radius 3 is 2.19 bits per heavy atom. The van der Waals surface area contributed by atoms with Gasteiger partial charge in [0.05, 0.1) is 25.5 Å².